The molecule has 0 radical (unpaired) electrons. The first-order chi connectivity index (χ1) is 7.35. The van der Waals surface area contributed by atoms with Crippen molar-refractivity contribution in [2.75, 3.05) is 0 Å². The summed E-state index contributed by atoms with van der Waals surface area (Å²) in [6.07, 6.45) is 6.82. The fraction of sp³-hybridized carbons (Fsp3) is 1.00. The normalized spacial score (nSPS) is 18.2. The van der Waals surface area contributed by atoms with Gasteiger partial charge in [0.05, 0.1) is 0 Å². The summed E-state index contributed by atoms with van der Waals surface area (Å²) in [6, 6.07) is 0. The van der Waals surface area contributed by atoms with Crippen LogP contribution in [0.1, 0.15) is 80.6 Å². The third-order valence-electron chi connectivity index (χ3n) is 4.81. The molecule has 0 aliphatic heterocycles. The Balaban J connectivity index is 4.18. The van der Waals surface area contributed by atoms with E-state index in [0.717, 1.165) is 17.8 Å². The zero-order chi connectivity index (χ0) is 12.8. The molecule has 0 aromatic heterocycles. The summed E-state index contributed by atoms with van der Waals surface area (Å²) in [5, 5.41) is 0. The second kappa shape index (κ2) is 7.35. The van der Waals surface area contributed by atoms with E-state index in [1.54, 1.807) is 0 Å². The first-order valence-corrected chi connectivity index (χ1v) is 7.35. The predicted octanol–water partition coefficient (Wildman–Crippen LogP) is 5.91. The van der Waals surface area contributed by atoms with Gasteiger partial charge in [-0.15, -0.1) is 0 Å². The molecule has 0 spiro atoms. The van der Waals surface area contributed by atoms with Gasteiger partial charge in [0, 0.05) is 0 Å². The summed E-state index contributed by atoms with van der Waals surface area (Å²) in [6.45, 7) is 16.8. The van der Waals surface area contributed by atoms with E-state index in [9.17, 15) is 0 Å². The van der Waals surface area contributed by atoms with Gasteiger partial charge in [-0.25, -0.2) is 0 Å². The molecular formula is C16H34. The minimum atomic E-state index is 0.512. The lowest BCUT2D eigenvalue weighted by molar-refractivity contribution is 0.136. The molecule has 3 atom stereocenters. The Morgan fingerprint density at radius 1 is 0.938 bits per heavy atom. The number of rotatable bonds is 8. The third-order valence-corrected chi connectivity index (χ3v) is 4.81. The Morgan fingerprint density at radius 3 is 1.94 bits per heavy atom. The first kappa shape index (κ1) is 16.0. The SMILES string of the molecule is CCCC(C)C(C)C(C)(C)CCC(C)CC. The van der Waals surface area contributed by atoms with E-state index >= 15 is 0 Å². The molecule has 0 rings (SSSR count). The van der Waals surface area contributed by atoms with Crippen LogP contribution >= 0.6 is 0 Å². The molecule has 0 aromatic carbocycles. The predicted molar refractivity (Wildman–Crippen MR) is 75.7 cm³/mol. The van der Waals surface area contributed by atoms with E-state index in [0.29, 0.717) is 5.41 Å². The largest absolute Gasteiger partial charge is 0.0654 e. The maximum absolute atomic E-state index is 2.46. The molecule has 0 aliphatic carbocycles. The highest BCUT2D eigenvalue weighted by molar-refractivity contribution is 4.79. The molecule has 0 aromatic rings. The Morgan fingerprint density at radius 2 is 1.50 bits per heavy atom. The molecule has 0 bridgehead atoms. The van der Waals surface area contributed by atoms with Gasteiger partial charge in [-0.2, -0.15) is 0 Å². The van der Waals surface area contributed by atoms with Crippen molar-refractivity contribution >= 4 is 0 Å². The van der Waals surface area contributed by atoms with Crippen LogP contribution in [-0.2, 0) is 0 Å². The minimum Gasteiger partial charge on any atom is -0.0654 e. The van der Waals surface area contributed by atoms with Crippen molar-refractivity contribution in [2.24, 2.45) is 23.2 Å². The fourth-order valence-corrected chi connectivity index (χ4v) is 2.53. The van der Waals surface area contributed by atoms with Gasteiger partial charge in [0.2, 0.25) is 0 Å². The molecule has 0 heteroatoms. The second-order valence-corrected chi connectivity index (χ2v) is 6.60. The molecule has 0 amide bonds. The molecule has 0 heterocycles. The van der Waals surface area contributed by atoms with Gasteiger partial charge in [-0.05, 0) is 29.6 Å². The van der Waals surface area contributed by atoms with Crippen molar-refractivity contribution in [3.05, 3.63) is 0 Å². The van der Waals surface area contributed by atoms with Gasteiger partial charge < -0.3 is 0 Å². The highest BCUT2D eigenvalue weighted by Crippen LogP contribution is 2.39. The zero-order valence-corrected chi connectivity index (χ0v) is 12.8. The quantitative estimate of drug-likeness (QED) is 0.482. The smallest absolute Gasteiger partial charge is 0.0326 e. The van der Waals surface area contributed by atoms with E-state index in [1.807, 2.05) is 0 Å². The Labute approximate surface area is 104 Å². The lowest BCUT2D eigenvalue weighted by Gasteiger charge is -2.37. The lowest BCUT2D eigenvalue weighted by Crippen LogP contribution is -2.27. The monoisotopic (exact) mass is 226 g/mol. The van der Waals surface area contributed by atoms with Crippen LogP contribution in [0.2, 0.25) is 0 Å². The maximum atomic E-state index is 2.46. The third kappa shape index (κ3) is 5.37. The van der Waals surface area contributed by atoms with Crippen LogP contribution in [0.25, 0.3) is 0 Å². The van der Waals surface area contributed by atoms with E-state index in [4.69, 9.17) is 0 Å². The average molecular weight is 226 g/mol. The fourth-order valence-electron chi connectivity index (χ4n) is 2.53. The molecule has 16 heavy (non-hydrogen) atoms. The van der Waals surface area contributed by atoms with Gasteiger partial charge in [-0.3, -0.25) is 0 Å². The van der Waals surface area contributed by atoms with Crippen molar-refractivity contribution in [2.45, 2.75) is 80.6 Å². The van der Waals surface area contributed by atoms with Gasteiger partial charge >= 0.3 is 0 Å². The molecule has 0 N–H and O–H groups in total. The Bertz CT molecular complexity index is 169. The highest BCUT2D eigenvalue weighted by Gasteiger charge is 2.29. The topological polar surface area (TPSA) is 0 Å². The van der Waals surface area contributed by atoms with Gasteiger partial charge in [-0.1, -0.05) is 74.1 Å². The van der Waals surface area contributed by atoms with Crippen molar-refractivity contribution < 1.29 is 0 Å². The molecule has 0 saturated heterocycles. The van der Waals surface area contributed by atoms with Crippen molar-refractivity contribution in [3.8, 4) is 0 Å². The Hall–Kier alpha value is 0. The molecule has 3 unspecified atom stereocenters. The van der Waals surface area contributed by atoms with E-state index in [1.165, 1.54) is 32.1 Å². The summed E-state index contributed by atoms with van der Waals surface area (Å²) < 4.78 is 0. The van der Waals surface area contributed by atoms with E-state index < -0.39 is 0 Å². The summed E-state index contributed by atoms with van der Waals surface area (Å²) in [5.74, 6) is 2.61. The standard InChI is InChI=1S/C16H34/c1-8-10-14(4)15(5)16(6,7)12-11-13(3)9-2/h13-15H,8-12H2,1-7H3. The van der Waals surface area contributed by atoms with Crippen LogP contribution in [0.15, 0.2) is 0 Å². The molecule has 98 valence electrons. The van der Waals surface area contributed by atoms with Crippen LogP contribution in [0.3, 0.4) is 0 Å². The van der Waals surface area contributed by atoms with Crippen LogP contribution in [0.4, 0.5) is 0 Å². The molecule has 0 saturated carbocycles. The van der Waals surface area contributed by atoms with E-state index in [-0.39, 0.29) is 0 Å². The average Bonchev–Trinajstić information content (AvgIpc) is 2.25. The van der Waals surface area contributed by atoms with Crippen molar-refractivity contribution in [1.29, 1.82) is 0 Å². The van der Waals surface area contributed by atoms with Crippen molar-refractivity contribution in [3.63, 3.8) is 0 Å². The summed E-state index contributed by atoms with van der Waals surface area (Å²) in [5.41, 5.74) is 0.512. The summed E-state index contributed by atoms with van der Waals surface area (Å²) in [7, 11) is 0. The lowest BCUT2D eigenvalue weighted by atomic mass is 9.69. The van der Waals surface area contributed by atoms with Gasteiger partial charge in [0.25, 0.3) is 0 Å². The number of hydrogen-bond donors (Lipinski definition) is 0. The molecule has 0 nitrogen and oxygen atoms in total. The highest BCUT2D eigenvalue weighted by atomic mass is 14.3. The van der Waals surface area contributed by atoms with Crippen LogP contribution in [0, 0.1) is 23.2 Å². The maximum Gasteiger partial charge on any atom is -0.0326 e. The van der Waals surface area contributed by atoms with Gasteiger partial charge in [0.1, 0.15) is 0 Å². The van der Waals surface area contributed by atoms with Gasteiger partial charge in [0.15, 0.2) is 0 Å². The van der Waals surface area contributed by atoms with Crippen LogP contribution < -0.4 is 0 Å². The first-order valence-electron chi connectivity index (χ1n) is 7.35. The van der Waals surface area contributed by atoms with E-state index in [2.05, 4.69) is 48.5 Å². The van der Waals surface area contributed by atoms with Crippen molar-refractivity contribution in [1.82, 2.24) is 0 Å². The molecule has 0 aliphatic rings. The minimum absolute atomic E-state index is 0.512. The second-order valence-electron chi connectivity index (χ2n) is 6.60. The Kier molecular flexibility index (Phi) is 7.35. The van der Waals surface area contributed by atoms with Crippen LogP contribution in [0.5, 0.6) is 0 Å². The summed E-state index contributed by atoms with van der Waals surface area (Å²) >= 11 is 0. The number of hydrogen-bond acceptors (Lipinski definition) is 0. The zero-order valence-electron chi connectivity index (χ0n) is 12.8. The van der Waals surface area contributed by atoms with Crippen LogP contribution in [-0.4, -0.2) is 0 Å². The molecule has 0 fully saturated rings. The molecular weight excluding hydrogens is 192 g/mol. The summed E-state index contributed by atoms with van der Waals surface area (Å²) in [4.78, 5) is 0.